The Kier molecular flexibility index (Phi) is 3.98. The summed E-state index contributed by atoms with van der Waals surface area (Å²) >= 11 is 1.61. The van der Waals surface area contributed by atoms with Crippen LogP contribution < -0.4 is 0 Å². The van der Waals surface area contributed by atoms with Gasteiger partial charge >= 0.3 is 0 Å². The van der Waals surface area contributed by atoms with Gasteiger partial charge in [0.15, 0.2) is 0 Å². The molecular formula is C15H13NOS. The molecule has 0 bridgehead atoms. The Balaban J connectivity index is 2.36. The van der Waals surface area contributed by atoms with Gasteiger partial charge in [0, 0.05) is 9.79 Å². The molecule has 0 aliphatic heterocycles. The highest BCUT2D eigenvalue weighted by molar-refractivity contribution is 7.99. The third-order valence-corrected chi connectivity index (χ3v) is 3.49. The lowest BCUT2D eigenvalue weighted by atomic mass is 10.2. The molecule has 2 rings (SSSR count). The van der Waals surface area contributed by atoms with Crippen molar-refractivity contribution in [1.82, 2.24) is 0 Å². The zero-order chi connectivity index (χ0) is 13.0. The topological polar surface area (TPSA) is 29.4 Å². The highest BCUT2D eigenvalue weighted by Gasteiger charge is 2.04. The van der Waals surface area contributed by atoms with Gasteiger partial charge in [0.1, 0.15) is 0 Å². The van der Waals surface area contributed by atoms with Gasteiger partial charge < -0.3 is 0 Å². The van der Waals surface area contributed by atoms with Crippen molar-refractivity contribution < 1.29 is 4.79 Å². The smallest absolute Gasteiger partial charge is 0.211 e. The molecule has 0 amide bonds. The second-order valence-corrected chi connectivity index (χ2v) is 5.21. The molecule has 0 unspecified atom stereocenters. The number of rotatable bonds is 3. The highest BCUT2D eigenvalue weighted by Crippen LogP contribution is 2.35. The van der Waals surface area contributed by atoms with E-state index in [-0.39, 0.29) is 0 Å². The van der Waals surface area contributed by atoms with Crippen molar-refractivity contribution in [1.29, 1.82) is 0 Å². The SMILES string of the molecule is Cc1cc(C)cc(Sc2ccccc2N=C=O)c1. The fourth-order valence-corrected chi connectivity index (χ4v) is 2.91. The molecule has 2 aromatic rings. The van der Waals surface area contributed by atoms with Crippen LogP contribution in [-0.4, -0.2) is 6.08 Å². The normalized spacial score (nSPS) is 9.89. The van der Waals surface area contributed by atoms with Gasteiger partial charge in [-0.3, -0.25) is 0 Å². The van der Waals surface area contributed by atoms with Crippen LogP contribution in [0.1, 0.15) is 11.1 Å². The summed E-state index contributed by atoms with van der Waals surface area (Å²) in [6.07, 6.45) is 1.59. The molecule has 2 aromatic carbocycles. The van der Waals surface area contributed by atoms with Gasteiger partial charge in [-0.05, 0) is 49.2 Å². The molecular weight excluding hydrogens is 242 g/mol. The van der Waals surface area contributed by atoms with Gasteiger partial charge in [-0.25, -0.2) is 4.79 Å². The fourth-order valence-electron chi connectivity index (χ4n) is 1.80. The van der Waals surface area contributed by atoms with Gasteiger partial charge in [-0.2, -0.15) is 4.99 Å². The molecule has 0 saturated heterocycles. The predicted octanol–water partition coefficient (Wildman–Crippen LogP) is 4.42. The summed E-state index contributed by atoms with van der Waals surface area (Å²) in [5.74, 6) is 0. The maximum Gasteiger partial charge on any atom is 0.240 e. The summed E-state index contributed by atoms with van der Waals surface area (Å²) in [4.78, 5) is 16.2. The van der Waals surface area contributed by atoms with Crippen molar-refractivity contribution >= 4 is 23.5 Å². The molecule has 0 atom stereocenters. The van der Waals surface area contributed by atoms with E-state index in [0.717, 1.165) is 9.79 Å². The third-order valence-electron chi connectivity index (χ3n) is 2.45. The molecule has 0 spiro atoms. The van der Waals surface area contributed by atoms with Crippen LogP contribution in [0.25, 0.3) is 0 Å². The Morgan fingerprint density at radius 3 is 2.39 bits per heavy atom. The van der Waals surface area contributed by atoms with Crippen molar-refractivity contribution in [3.63, 3.8) is 0 Å². The second kappa shape index (κ2) is 5.67. The Labute approximate surface area is 111 Å². The number of isocyanates is 1. The first-order chi connectivity index (χ1) is 8.69. The second-order valence-electron chi connectivity index (χ2n) is 4.10. The predicted molar refractivity (Wildman–Crippen MR) is 74.3 cm³/mol. The van der Waals surface area contributed by atoms with E-state index in [9.17, 15) is 4.79 Å². The highest BCUT2D eigenvalue weighted by atomic mass is 32.2. The quantitative estimate of drug-likeness (QED) is 0.600. The molecule has 0 aliphatic carbocycles. The minimum absolute atomic E-state index is 0.664. The molecule has 18 heavy (non-hydrogen) atoms. The van der Waals surface area contributed by atoms with E-state index in [0.29, 0.717) is 5.69 Å². The number of benzene rings is 2. The number of nitrogens with zero attached hydrogens (tertiary/aromatic N) is 1. The van der Waals surface area contributed by atoms with Gasteiger partial charge in [0.05, 0.1) is 5.69 Å². The summed E-state index contributed by atoms with van der Waals surface area (Å²) in [5, 5.41) is 0. The van der Waals surface area contributed by atoms with Gasteiger partial charge in [-0.15, -0.1) is 0 Å². The molecule has 0 aliphatic rings. The number of hydrogen-bond acceptors (Lipinski definition) is 3. The average molecular weight is 255 g/mol. The zero-order valence-corrected chi connectivity index (χ0v) is 11.1. The van der Waals surface area contributed by atoms with Crippen LogP contribution in [0, 0.1) is 13.8 Å². The first kappa shape index (κ1) is 12.6. The van der Waals surface area contributed by atoms with E-state index in [1.165, 1.54) is 11.1 Å². The number of aliphatic imine (C=N–C) groups is 1. The maximum atomic E-state index is 10.4. The van der Waals surface area contributed by atoms with Crippen LogP contribution in [0.2, 0.25) is 0 Å². The van der Waals surface area contributed by atoms with E-state index in [1.807, 2.05) is 24.3 Å². The first-order valence-electron chi connectivity index (χ1n) is 5.62. The van der Waals surface area contributed by atoms with Gasteiger partial charge in [-0.1, -0.05) is 30.0 Å². The Morgan fingerprint density at radius 1 is 1.06 bits per heavy atom. The van der Waals surface area contributed by atoms with Crippen LogP contribution in [0.4, 0.5) is 5.69 Å². The Bertz CT molecular complexity index is 595. The number of carbonyl (C=O) groups excluding carboxylic acids is 1. The summed E-state index contributed by atoms with van der Waals surface area (Å²) in [6, 6.07) is 14.0. The standard InChI is InChI=1S/C15H13NOS/c1-11-7-12(2)9-13(8-11)18-15-6-4-3-5-14(15)16-10-17/h3-9H,1-2H3. The van der Waals surface area contributed by atoms with Crippen molar-refractivity contribution in [3.8, 4) is 0 Å². The maximum absolute atomic E-state index is 10.4. The molecule has 0 radical (unpaired) electrons. The van der Waals surface area contributed by atoms with E-state index in [2.05, 4.69) is 37.0 Å². The summed E-state index contributed by atoms with van der Waals surface area (Å²) < 4.78 is 0. The summed E-state index contributed by atoms with van der Waals surface area (Å²) in [7, 11) is 0. The van der Waals surface area contributed by atoms with E-state index in [1.54, 1.807) is 17.8 Å². The molecule has 0 aromatic heterocycles. The average Bonchev–Trinajstić information content (AvgIpc) is 2.30. The molecule has 0 fully saturated rings. The molecule has 2 nitrogen and oxygen atoms in total. The largest absolute Gasteiger partial charge is 0.240 e. The van der Waals surface area contributed by atoms with E-state index in [4.69, 9.17) is 0 Å². The van der Waals surface area contributed by atoms with Gasteiger partial charge in [0.2, 0.25) is 6.08 Å². The van der Waals surface area contributed by atoms with E-state index >= 15 is 0 Å². The lowest BCUT2D eigenvalue weighted by molar-refractivity contribution is 0.565. The monoisotopic (exact) mass is 255 g/mol. The Morgan fingerprint density at radius 2 is 1.72 bits per heavy atom. The molecule has 0 N–H and O–H groups in total. The molecule has 90 valence electrons. The van der Waals surface area contributed by atoms with Crippen LogP contribution in [0.15, 0.2) is 57.2 Å². The lowest BCUT2D eigenvalue weighted by Gasteiger charge is -2.06. The van der Waals surface area contributed by atoms with Crippen molar-refractivity contribution in [3.05, 3.63) is 53.6 Å². The zero-order valence-electron chi connectivity index (χ0n) is 10.3. The minimum atomic E-state index is 0.664. The van der Waals surface area contributed by atoms with Crippen LogP contribution >= 0.6 is 11.8 Å². The summed E-state index contributed by atoms with van der Waals surface area (Å²) in [5.41, 5.74) is 3.12. The van der Waals surface area contributed by atoms with Crippen molar-refractivity contribution in [2.24, 2.45) is 4.99 Å². The van der Waals surface area contributed by atoms with Crippen LogP contribution in [-0.2, 0) is 4.79 Å². The van der Waals surface area contributed by atoms with Crippen molar-refractivity contribution in [2.75, 3.05) is 0 Å². The van der Waals surface area contributed by atoms with Crippen LogP contribution in [0.5, 0.6) is 0 Å². The third kappa shape index (κ3) is 3.10. The number of para-hydroxylation sites is 1. The molecule has 0 saturated carbocycles. The van der Waals surface area contributed by atoms with Crippen molar-refractivity contribution in [2.45, 2.75) is 23.6 Å². The molecule has 3 heteroatoms. The number of aryl methyl sites for hydroxylation is 2. The van der Waals surface area contributed by atoms with Gasteiger partial charge in [0.25, 0.3) is 0 Å². The molecule has 0 heterocycles. The fraction of sp³-hybridized carbons (Fsp3) is 0.133. The minimum Gasteiger partial charge on any atom is -0.211 e. The number of hydrogen-bond donors (Lipinski definition) is 0. The Hall–Kier alpha value is -1.83. The summed E-state index contributed by atoms with van der Waals surface area (Å²) in [6.45, 7) is 4.15. The lowest BCUT2D eigenvalue weighted by Crippen LogP contribution is -1.80. The van der Waals surface area contributed by atoms with Crippen LogP contribution in [0.3, 0.4) is 0 Å². The first-order valence-corrected chi connectivity index (χ1v) is 6.44. The van der Waals surface area contributed by atoms with E-state index < -0.39 is 0 Å².